The monoisotopic (exact) mass is 430 g/mol. The molecule has 0 aromatic rings. The van der Waals surface area contributed by atoms with Crippen molar-refractivity contribution in [3.63, 3.8) is 0 Å². The number of nitrogens with zero attached hydrogens (tertiary/aromatic N) is 8. The molecule has 0 aliphatic carbocycles. The molecule has 0 saturated carbocycles. The number of hydrogen-bond donors (Lipinski definition) is 0. The van der Waals surface area contributed by atoms with E-state index in [-0.39, 0.29) is 17.1 Å². The van der Waals surface area contributed by atoms with Crippen molar-refractivity contribution in [1.82, 2.24) is 19.6 Å². The van der Waals surface area contributed by atoms with Crippen LogP contribution in [0.15, 0.2) is 0 Å². The zero-order chi connectivity index (χ0) is 21.6. The van der Waals surface area contributed by atoms with Crippen LogP contribution < -0.4 is 0 Å². The molecule has 0 unspecified atom stereocenters. The Kier molecular flexibility index (Phi) is 40.8. The van der Waals surface area contributed by atoms with E-state index >= 15 is 0 Å². The van der Waals surface area contributed by atoms with Crippen molar-refractivity contribution >= 4 is 7.25 Å². The van der Waals surface area contributed by atoms with Gasteiger partial charge in [-0.05, 0) is 0 Å². The predicted octanol–water partition coefficient (Wildman–Crippen LogP) is 1.41. The van der Waals surface area contributed by atoms with E-state index in [1.807, 2.05) is 24.8 Å². The maximum absolute atomic E-state index is 9.75. The van der Waals surface area contributed by atoms with E-state index in [2.05, 4.69) is 0 Å². The summed E-state index contributed by atoms with van der Waals surface area (Å²) in [6.07, 6.45) is 7.44. The topological polar surface area (TPSA) is 108 Å². The summed E-state index contributed by atoms with van der Waals surface area (Å²) < 4.78 is 39.0. The van der Waals surface area contributed by atoms with E-state index in [9.17, 15) is 17.3 Å². The minimum absolute atomic E-state index is 0. The first-order chi connectivity index (χ1) is 11.1. The van der Waals surface area contributed by atoms with E-state index in [4.69, 9.17) is 21.0 Å². The summed E-state index contributed by atoms with van der Waals surface area (Å²) in [6.45, 7) is 0. The van der Waals surface area contributed by atoms with Gasteiger partial charge in [-0.25, -0.2) is 0 Å². The van der Waals surface area contributed by atoms with Crippen molar-refractivity contribution in [2.45, 2.75) is 0 Å². The van der Waals surface area contributed by atoms with Crippen LogP contribution in [0.2, 0.25) is 0 Å². The van der Waals surface area contributed by atoms with Crippen LogP contribution >= 0.6 is 0 Å². The molecule has 0 saturated heterocycles. The van der Waals surface area contributed by atoms with Gasteiger partial charge in [0.1, 0.15) is 0 Å². The summed E-state index contributed by atoms with van der Waals surface area (Å²) in [5.41, 5.74) is 0. The molecule has 0 aliphatic heterocycles. The maximum Gasteiger partial charge on any atom is 1.00 e. The van der Waals surface area contributed by atoms with Gasteiger partial charge in [0.05, 0.1) is 0 Å². The fourth-order valence-electron chi connectivity index (χ4n) is 0. The van der Waals surface area contributed by atoms with Crippen LogP contribution in [0.3, 0.4) is 0 Å². The standard InChI is InChI=1S/4C3H6N2.BF4.Cu/c4*1-5(2)3-4;2-1(3,4)5;/h4*1-2H3;;/q;;;;-1;+1. The smallest absolute Gasteiger partial charge is 0.418 e. The number of rotatable bonds is 0. The van der Waals surface area contributed by atoms with E-state index in [0.29, 0.717) is 0 Å². The van der Waals surface area contributed by atoms with Crippen molar-refractivity contribution in [2.75, 3.05) is 56.4 Å². The van der Waals surface area contributed by atoms with Gasteiger partial charge in [-0.3, -0.25) is 0 Å². The molecule has 0 spiro atoms. The summed E-state index contributed by atoms with van der Waals surface area (Å²) in [5.74, 6) is 0. The third kappa shape index (κ3) is 301. The summed E-state index contributed by atoms with van der Waals surface area (Å²) in [4.78, 5) is 5.72. The molecule has 0 fully saturated rings. The fraction of sp³-hybridized carbons (Fsp3) is 0.667. The van der Waals surface area contributed by atoms with Crippen LogP contribution in [0.25, 0.3) is 0 Å². The molecule has 0 amide bonds. The molecule has 14 heteroatoms. The van der Waals surface area contributed by atoms with Gasteiger partial charge in [-0.15, -0.1) is 0 Å². The first-order valence-electron chi connectivity index (χ1n) is 6.24. The Morgan fingerprint density at radius 3 is 0.538 bits per heavy atom. The summed E-state index contributed by atoms with van der Waals surface area (Å²) >= 11 is 0. The molecule has 0 aliphatic rings. The molecule has 8 nitrogen and oxygen atoms in total. The predicted molar refractivity (Wildman–Crippen MR) is 87.4 cm³/mol. The molecule has 0 aromatic heterocycles. The number of nitriles is 4. The van der Waals surface area contributed by atoms with Crippen molar-refractivity contribution in [3.8, 4) is 24.8 Å². The van der Waals surface area contributed by atoms with Crippen LogP contribution in [-0.4, -0.2) is 83.2 Å². The van der Waals surface area contributed by atoms with Gasteiger partial charge in [-0.1, -0.05) is 0 Å². The molecular weight excluding hydrogens is 407 g/mol. The summed E-state index contributed by atoms with van der Waals surface area (Å²) in [6, 6.07) is 0. The minimum atomic E-state index is -6.00. The van der Waals surface area contributed by atoms with Crippen LogP contribution in [0.4, 0.5) is 17.3 Å². The van der Waals surface area contributed by atoms with Crippen molar-refractivity contribution in [2.24, 2.45) is 0 Å². The molecule has 26 heavy (non-hydrogen) atoms. The Morgan fingerprint density at radius 2 is 0.538 bits per heavy atom. The molecule has 0 heterocycles. The van der Waals surface area contributed by atoms with E-state index in [1.54, 1.807) is 56.4 Å². The Bertz CT molecular complexity index is 367. The largest absolute Gasteiger partial charge is 1.00 e. The summed E-state index contributed by atoms with van der Waals surface area (Å²) in [7, 11) is 7.56. The second-order valence-electron chi connectivity index (χ2n) is 4.47. The van der Waals surface area contributed by atoms with E-state index in [0.717, 1.165) is 0 Å². The van der Waals surface area contributed by atoms with E-state index in [1.165, 1.54) is 19.6 Å². The van der Waals surface area contributed by atoms with Crippen LogP contribution in [-0.2, 0) is 17.1 Å². The van der Waals surface area contributed by atoms with Gasteiger partial charge >= 0.3 is 24.3 Å². The van der Waals surface area contributed by atoms with Crippen LogP contribution in [0.1, 0.15) is 0 Å². The van der Waals surface area contributed by atoms with Crippen molar-refractivity contribution in [1.29, 1.82) is 21.0 Å². The van der Waals surface area contributed by atoms with Gasteiger partial charge in [0.2, 0.25) is 0 Å². The molecule has 0 rings (SSSR count). The Labute approximate surface area is 163 Å². The van der Waals surface area contributed by atoms with Crippen molar-refractivity contribution in [3.05, 3.63) is 0 Å². The van der Waals surface area contributed by atoms with E-state index < -0.39 is 7.25 Å². The fourth-order valence-corrected chi connectivity index (χ4v) is 0. The maximum atomic E-state index is 9.75. The third-order valence-corrected chi connectivity index (χ3v) is 0.800. The average molecular weight is 431 g/mol. The normalized spacial score (nSPS) is 6.77. The first kappa shape index (κ1) is 38.8. The molecular formula is C12H24BCuF4N8. The summed E-state index contributed by atoms with van der Waals surface area (Å²) in [5, 5.41) is 31.3. The van der Waals surface area contributed by atoms with Gasteiger partial charge in [0.15, 0.2) is 24.8 Å². The molecule has 0 atom stereocenters. The Morgan fingerprint density at radius 1 is 0.500 bits per heavy atom. The molecule has 154 valence electrons. The Balaban J connectivity index is -0.0000000476. The average Bonchev–Trinajstić information content (AvgIpc) is 2.47. The van der Waals surface area contributed by atoms with Gasteiger partial charge in [0, 0.05) is 56.4 Å². The third-order valence-electron chi connectivity index (χ3n) is 0.800. The number of hydrogen-bond acceptors (Lipinski definition) is 8. The zero-order valence-electron chi connectivity index (χ0n) is 16.0. The molecule has 0 aromatic carbocycles. The second-order valence-corrected chi connectivity index (χ2v) is 4.47. The van der Waals surface area contributed by atoms with Gasteiger partial charge in [-0.2, -0.15) is 21.0 Å². The molecule has 0 N–H and O–H groups in total. The Hall–Kier alpha value is -2.54. The number of halogens is 4. The zero-order valence-corrected chi connectivity index (χ0v) is 16.9. The quantitative estimate of drug-likeness (QED) is 0.246. The second kappa shape index (κ2) is 27.3. The van der Waals surface area contributed by atoms with Crippen LogP contribution in [0, 0.1) is 45.8 Å². The molecule has 0 bridgehead atoms. The van der Waals surface area contributed by atoms with Crippen LogP contribution in [0.5, 0.6) is 0 Å². The van der Waals surface area contributed by atoms with Gasteiger partial charge < -0.3 is 36.9 Å². The van der Waals surface area contributed by atoms with Crippen molar-refractivity contribution < 1.29 is 34.3 Å². The SMILES string of the molecule is CN(C)C#N.CN(C)C#N.CN(C)C#N.CN(C)C#N.F[B-](F)(F)F.[Cu+]. The first-order valence-corrected chi connectivity index (χ1v) is 6.24. The minimum Gasteiger partial charge on any atom is -0.418 e. The van der Waals surface area contributed by atoms with Gasteiger partial charge in [0.25, 0.3) is 0 Å². The molecule has 0 radical (unpaired) electrons.